The fourth-order valence-corrected chi connectivity index (χ4v) is 5.62. The number of carbonyl (C=O) groups is 1. The molecule has 0 radical (unpaired) electrons. The molecule has 0 bridgehead atoms. The van der Waals surface area contributed by atoms with E-state index in [0.717, 1.165) is 6.07 Å². The molecule has 11 heteroatoms. The number of hydroxylamine groups is 1. The van der Waals surface area contributed by atoms with Crippen molar-refractivity contribution in [1.82, 2.24) is 15.4 Å². The molecule has 0 unspecified atom stereocenters. The average molecular weight is 564 g/mol. The summed E-state index contributed by atoms with van der Waals surface area (Å²) in [5.74, 6) is -3.11. The minimum Gasteiger partial charge on any atom is -0.497 e. The lowest BCUT2D eigenvalue weighted by molar-refractivity contribution is -0.143. The largest absolute Gasteiger partial charge is 0.497 e. The van der Waals surface area contributed by atoms with E-state index in [4.69, 9.17) is 4.74 Å². The van der Waals surface area contributed by atoms with Crippen molar-refractivity contribution >= 4 is 16.8 Å². The zero-order valence-electron chi connectivity index (χ0n) is 22.2. The summed E-state index contributed by atoms with van der Waals surface area (Å²) in [6, 6.07) is 6.65. The maximum absolute atomic E-state index is 13.9. The Bertz CT molecular complexity index is 1340. The standard InChI is InChI=1S/C29H33F4N3O4/c1-40-21-4-5-24-22(15-21)26(19(16-30)17-34-24)25(37)6-7-29(28(38)35-39)8-11-36(12-9-29)10-2-3-18-13-20(31)14-23(32)27(18)33/h4-5,13-15,17,25,37,39H,2-3,6-12,16H2,1H3,(H,35,38)/t25-/m1/s1. The van der Waals surface area contributed by atoms with E-state index in [0.29, 0.717) is 67.2 Å². The van der Waals surface area contributed by atoms with Gasteiger partial charge in [-0.25, -0.2) is 23.0 Å². The molecule has 3 N–H and O–H groups in total. The van der Waals surface area contributed by atoms with Gasteiger partial charge in [0.2, 0.25) is 5.91 Å². The van der Waals surface area contributed by atoms with Crippen LogP contribution in [0.1, 0.15) is 54.9 Å². The van der Waals surface area contributed by atoms with Crippen LogP contribution in [0.15, 0.2) is 36.5 Å². The second-order valence-corrected chi connectivity index (χ2v) is 10.3. The van der Waals surface area contributed by atoms with Crippen LogP contribution in [0.2, 0.25) is 0 Å². The van der Waals surface area contributed by atoms with Gasteiger partial charge >= 0.3 is 0 Å². The topological polar surface area (TPSA) is 94.9 Å². The average Bonchev–Trinajstić information content (AvgIpc) is 2.97. The first-order valence-corrected chi connectivity index (χ1v) is 13.2. The second-order valence-electron chi connectivity index (χ2n) is 10.3. The van der Waals surface area contributed by atoms with Gasteiger partial charge in [-0.2, -0.15) is 0 Å². The predicted molar refractivity (Wildman–Crippen MR) is 140 cm³/mol. The number of carbonyl (C=O) groups excluding carboxylic acids is 1. The van der Waals surface area contributed by atoms with Crippen LogP contribution >= 0.6 is 0 Å². The summed E-state index contributed by atoms with van der Waals surface area (Å²) in [5.41, 5.74) is 2.00. The lowest BCUT2D eigenvalue weighted by Gasteiger charge is -2.40. The number of benzene rings is 2. The highest BCUT2D eigenvalue weighted by Crippen LogP contribution is 2.40. The van der Waals surface area contributed by atoms with Gasteiger partial charge in [0, 0.05) is 23.2 Å². The molecular formula is C29H33F4N3O4. The van der Waals surface area contributed by atoms with Crippen molar-refractivity contribution in [3.8, 4) is 5.75 Å². The van der Waals surface area contributed by atoms with Gasteiger partial charge in [0.15, 0.2) is 11.6 Å². The van der Waals surface area contributed by atoms with E-state index < -0.39 is 41.6 Å². The molecule has 1 aliphatic heterocycles. The SMILES string of the molecule is COc1ccc2ncc(CF)c([C@H](O)CCC3(C(=O)NO)CCN(CCCc4cc(F)cc(F)c4F)CC3)c2c1. The fourth-order valence-electron chi connectivity index (χ4n) is 5.62. The normalized spacial score (nSPS) is 16.2. The van der Waals surface area contributed by atoms with E-state index in [1.165, 1.54) is 13.3 Å². The first kappa shape index (κ1) is 29.7. The van der Waals surface area contributed by atoms with E-state index in [1.807, 2.05) is 0 Å². The number of aliphatic hydroxyl groups excluding tert-OH is 1. The highest BCUT2D eigenvalue weighted by Gasteiger charge is 2.41. The number of alkyl halides is 1. The number of pyridine rings is 1. The Morgan fingerprint density at radius 1 is 1.18 bits per heavy atom. The van der Waals surface area contributed by atoms with Crippen LogP contribution in [0.5, 0.6) is 5.75 Å². The van der Waals surface area contributed by atoms with Crippen LogP contribution in [0.25, 0.3) is 10.9 Å². The van der Waals surface area contributed by atoms with Crippen LogP contribution in [0.3, 0.4) is 0 Å². The van der Waals surface area contributed by atoms with Crippen molar-refractivity contribution in [1.29, 1.82) is 0 Å². The van der Waals surface area contributed by atoms with Gasteiger partial charge in [0.05, 0.1) is 24.1 Å². The third-order valence-electron chi connectivity index (χ3n) is 7.96. The van der Waals surface area contributed by atoms with Crippen LogP contribution in [-0.4, -0.2) is 52.8 Å². The Balaban J connectivity index is 1.42. The predicted octanol–water partition coefficient (Wildman–Crippen LogP) is 5.16. The number of aromatic nitrogens is 1. The van der Waals surface area contributed by atoms with Crippen molar-refractivity contribution < 1.29 is 37.4 Å². The summed E-state index contributed by atoms with van der Waals surface area (Å²) in [5, 5.41) is 21.2. The van der Waals surface area contributed by atoms with Gasteiger partial charge < -0.3 is 14.7 Å². The molecule has 0 aliphatic carbocycles. The number of hydrogen-bond donors (Lipinski definition) is 3. The van der Waals surface area contributed by atoms with E-state index in [1.54, 1.807) is 23.7 Å². The second kappa shape index (κ2) is 12.9. The van der Waals surface area contributed by atoms with E-state index >= 15 is 0 Å². The molecule has 1 aromatic heterocycles. The van der Waals surface area contributed by atoms with E-state index in [2.05, 4.69) is 9.88 Å². The van der Waals surface area contributed by atoms with Crippen LogP contribution in [0, 0.1) is 22.9 Å². The van der Waals surface area contributed by atoms with Gasteiger partial charge in [0.25, 0.3) is 0 Å². The van der Waals surface area contributed by atoms with Gasteiger partial charge in [-0.1, -0.05) is 0 Å². The summed E-state index contributed by atoms with van der Waals surface area (Å²) >= 11 is 0. The number of methoxy groups -OCH3 is 1. The molecule has 1 aliphatic rings. The molecule has 2 heterocycles. The first-order chi connectivity index (χ1) is 19.2. The minimum absolute atomic E-state index is 0.0218. The van der Waals surface area contributed by atoms with Gasteiger partial charge in [-0.3, -0.25) is 15.0 Å². The molecule has 1 atom stereocenters. The summed E-state index contributed by atoms with van der Waals surface area (Å²) in [6.07, 6.45) is 2.07. The summed E-state index contributed by atoms with van der Waals surface area (Å²) in [6.45, 7) is 0.695. The number of nitrogens with one attached hydrogen (secondary N) is 1. The number of amides is 1. The van der Waals surface area contributed by atoms with Gasteiger partial charge in [-0.15, -0.1) is 0 Å². The number of hydrogen-bond acceptors (Lipinski definition) is 6. The Labute approximate surface area is 229 Å². The van der Waals surface area contributed by atoms with Gasteiger partial charge in [-0.05, 0) is 93.6 Å². The van der Waals surface area contributed by atoms with Crippen molar-refractivity contribution in [2.45, 2.75) is 51.3 Å². The number of halogens is 4. The minimum atomic E-state index is -1.22. The van der Waals surface area contributed by atoms with Crippen molar-refractivity contribution in [2.75, 3.05) is 26.7 Å². The number of rotatable bonds is 11. The van der Waals surface area contributed by atoms with E-state index in [9.17, 15) is 32.7 Å². The molecule has 3 aromatic rings. The molecule has 216 valence electrons. The summed E-state index contributed by atoms with van der Waals surface area (Å²) < 4.78 is 60.0. The Kier molecular flexibility index (Phi) is 9.60. The van der Waals surface area contributed by atoms with Crippen molar-refractivity contribution in [2.24, 2.45) is 5.41 Å². The fraction of sp³-hybridized carbons (Fsp3) is 0.448. The zero-order chi connectivity index (χ0) is 28.9. The molecule has 7 nitrogen and oxygen atoms in total. The summed E-state index contributed by atoms with van der Waals surface area (Å²) in [7, 11) is 1.51. The maximum atomic E-state index is 13.9. The molecule has 0 spiro atoms. The third kappa shape index (κ3) is 6.37. The molecular weight excluding hydrogens is 530 g/mol. The molecule has 4 rings (SSSR count). The number of likely N-dealkylation sites (tertiary alicyclic amines) is 1. The Morgan fingerprint density at radius 2 is 1.93 bits per heavy atom. The number of nitrogens with zero attached hydrogens (tertiary/aromatic N) is 2. The third-order valence-corrected chi connectivity index (χ3v) is 7.96. The van der Waals surface area contributed by atoms with Gasteiger partial charge in [0.1, 0.15) is 18.2 Å². The quantitative estimate of drug-likeness (QED) is 0.129. The molecule has 0 saturated carbocycles. The lowest BCUT2D eigenvalue weighted by Crippen LogP contribution is -2.48. The number of piperidine rings is 1. The number of fused-ring (bicyclic) bond motifs is 1. The lowest BCUT2D eigenvalue weighted by atomic mass is 9.73. The number of aliphatic hydroxyl groups is 1. The Morgan fingerprint density at radius 3 is 2.60 bits per heavy atom. The smallest absolute Gasteiger partial charge is 0.249 e. The van der Waals surface area contributed by atoms with Crippen LogP contribution < -0.4 is 10.2 Å². The maximum Gasteiger partial charge on any atom is 0.249 e. The molecule has 1 saturated heterocycles. The summed E-state index contributed by atoms with van der Waals surface area (Å²) in [4.78, 5) is 19.1. The highest BCUT2D eigenvalue weighted by molar-refractivity contribution is 5.85. The van der Waals surface area contributed by atoms with Crippen LogP contribution in [0.4, 0.5) is 17.6 Å². The molecule has 1 amide bonds. The Hall–Kier alpha value is -3.28. The van der Waals surface area contributed by atoms with Crippen molar-refractivity contribution in [3.05, 3.63) is 70.7 Å². The van der Waals surface area contributed by atoms with Crippen LogP contribution in [-0.2, 0) is 17.9 Å². The molecule has 40 heavy (non-hydrogen) atoms. The van der Waals surface area contributed by atoms with Crippen molar-refractivity contribution in [3.63, 3.8) is 0 Å². The highest BCUT2D eigenvalue weighted by atomic mass is 19.2. The monoisotopic (exact) mass is 563 g/mol. The molecule has 2 aromatic carbocycles. The number of ether oxygens (including phenoxy) is 1. The zero-order valence-corrected chi connectivity index (χ0v) is 22.2. The molecule has 1 fully saturated rings. The number of aryl methyl sites for hydroxylation is 1. The first-order valence-electron chi connectivity index (χ1n) is 13.2. The van der Waals surface area contributed by atoms with E-state index in [-0.39, 0.29) is 30.4 Å².